The highest BCUT2D eigenvalue weighted by Crippen LogP contribution is 2.40. The number of rotatable bonds is 5. The van der Waals surface area contributed by atoms with Crippen LogP contribution in [0.1, 0.15) is 15.9 Å². The van der Waals surface area contributed by atoms with E-state index in [2.05, 4.69) is 4.74 Å². The zero-order valence-electron chi connectivity index (χ0n) is 14.9. The molecule has 0 spiro atoms. The number of hydrogen-bond donors (Lipinski definition) is 0. The summed E-state index contributed by atoms with van der Waals surface area (Å²) in [6, 6.07) is 9.57. The molecular formula is C20H18O7. The van der Waals surface area contributed by atoms with Gasteiger partial charge in [0, 0.05) is 6.08 Å². The Labute approximate surface area is 156 Å². The van der Waals surface area contributed by atoms with Crippen molar-refractivity contribution in [3.8, 4) is 23.0 Å². The lowest BCUT2D eigenvalue weighted by atomic mass is 10.1. The Hall–Kier alpha value is -3.48. The van der Waals surface area contributed by atoms with Gasteiger partial charge in [-0.3, -0.25) is 0 Å². The number of esters is 2. The molecule has 1 aliphatic heterocycles. The molecule has 140 valence electrons. The molecular weight excluding hydrogens is 352 g/mol. The average molecular weight is 370 g/mol. The molecule has 2 aromatic rings. The van der Waals surface area contributed by atoms with Crippen LogP contribution < -0.4 is 18.9 Å². The van der Waals surface area contributed by atoms with Crippen LogP contribution in [0.2, 0.25) is 0 Å². The quantitative estimate of drug-likeness (QED) is 0.455. The SMILES string of the molecule is COC(=O)c1ccc(OC(=O)/C=C/c2cc(OC)c3c(c2)OCCO3)cc1. The minimum atomic E-state index is -0.560. The Morgan fingerprint density at radius 3 is 2.48 bits per heavy atom. The predicted molar refractivity (Wildman–Crippen MR) is 96.4 cm³/mol. The first kappa shape index (κ1) is 18.3. The van der Waals surface area contributed by atoms with Crippen molar-refractivity contribution in [1.82, 2.24) is 0 Å². The fourth-order valence-corrected chi connectivity index (χ4v) is 2.48. The number of carbonyl (C=O) groups is 2. The average Bonchev–Trinajstić information content (AvgIpc) is 2.71. The predicted octanol–water partition coefficient (Wildman–Crippen LogP) is 2.87. The van der Waals surface area contributed by atoms with Crippen molar-refractivity contribution < 1.29 is 33.3 Å². The fraction of sp³-hybridized carbons (Fsp3) is 0.200. The van der Waals surface area contributed by atoms with Crippen LogP contribution in [0.5, 0.6) is 23.0 Å². The van der Waals surface area contributed by atoms with Crippen LogP contribution in [-0.2, 0) is 9.53 Å². The van der Waals surface area contributed by atoms with E-state index in [9.17, 15) is 9.59 Å². The lowest BCUT2D eigenvalue weighted by Gasteiger charge is -2.20. The first-order chi connectivity index (χ1) is 13.1. The molecule has 0 atom stereocenters. The minimum absolute atomic E-state index is 0.317. The van der Waals surface area contributed by atoms with Crippen LogP contribution in [0.4, 0.5) is 0 Å². The molecule has 0 aliphatic carbocycles. The van der Waals surface area contributed by atoms with Crippen molar-refractivity contribution in [3.63, 3.8) is 0 Å². The second-order valence-corrected chi connectivity index (χ2v) is 5.52. The highest BCUT2D eigenvalue weighted by molar-refractivity contribution is 5.90. The number of benzene rings is 2. The first-order valence-electron chi connectivity index (χ1n) is 8.16. The Morgan fingerprint density at radius 1 is 1.04 bits per heavy atom. The van der Waals surface area contributed by atoms with Gasteiger partial charge in [0.1, 0.15) is 19.0 Å². The molecule has 7 heteroatoms. The second kappa shape index (κ2) is 8.27. The largest absolute Gasteiger partial charge is 0.493 e. The summed E-state index contributed by atoms with van der Waals surface area (Å²) in [7, 11) is 2.83. The third-order valence-corrected chi connectivity index (χ3v) is 3.76. The second-order valence-electron chi connectivity index (χ2n) is 5.52. The number of hydrogen-bond acceptors (Lipinski definition) is 7. The van der Waals surface area contributed by atoms with Crippen LogP contribution in [0.15, 0.2) is 42.5 Å². The van der Waals surface area contributed by atoms with Crippen LogP contribution in [0.3, 0.4) is 0 Å². The van der Waals surface area contributed by atoms with Gasteiger partial charge in [0.2, 0.25) is 5.75 Å². The summed E-state index contributed by atoms with van der Waals surface area (Å²) in [6.45, 7) is 0.909. The molecule has 0 amide bonds. The van der Waals surface area contributed by atoms with E-state index in [4.69, 9.17) is 18.9 Å². The maximum Gasteiger partial charge on any atom is 0.337 e. The summed E-state index contributed by atoms with van der Waals surface area (Å²) in [5, 5.41) is 0. The Kier molecular flexibility index (Phi) is 5.61. The summed E-state index contributed by atoms with van der Waals surface area (Å²) in [5.41, 5.74) is 1.07. The highest BCUT2D eigenvalue weighted by atomic mass is 16.6. The molecule has 0 aromatic heterocycles. The van der Waals surface area contributed by atoms with E-state index in [0.717, 1.165) is 0 Å². The van der Waals surface area contributed by atoms with Crippen LogP contribution in [0.25, 0.3) is 6.08 Å². The smallest absolute Gasteiger partial charge is 0.337 e. The summed E-state index contributed by atoms with van der Waals surface area (Å²) < 4.78 is 26.2. The zero-order valence-corrected chi connectivity index (χ0v) is 14.9. The van der Waals surface area contributed by atoms with Gasteiger partial charge in [-0.15, -0.1) is 0 Å². The molecule has 2 aromatic carbocycles. The minimum Gasteiger partial charge on any atom is -0.493 e. The molecule has 0 N–H and O–H groups in total. The van der Waals surface area contributed by atoms with Gasteiger partial charge in [-0.05, 0) is 48.0 Å². The highest BCUT2D eigenvalue weighted by Gasteiger charge is 2.17. The molecule has 3 rings (SSSR count). The van der Waals surface area contributed by atoms with Crippen LogP contribution in [-0.4, -0.2) is 39.4 Å². The monoisotopic (exact) mass is 370 g/mol. The van der Waals surface area contributed by atoms with Gasteiger partial charge < -0.3 is 23.7 Å². The molecule has 0 unspecified atom stereocenters. The van der Waals surface area contributed by atoms with Crippen LogP contribution in [0, 0.1) is 0 Å². The molecule has 27 heavy (non-hydrogen) atoms. The van der Waals surface area contributed by atoms with E-state index in [1.165, 1.54) is 44.6 Å². The van der Waals surface area contributed by atoms with Crippen molar-refractivity contribution >= 4 is 18.0 Å². The molecule has 1 aliphatic rings. The maximum absolute atomic E-state index is 12.0. The van der Waals surface area contributed by atoms with E-state index in [0.29, 0.717) is 47.3 Å². The van der Waals surface area contributed by atoms with Crippen molar-refractivity contribution in [3.05, 3.63) is 53.6 Å². The summed E-state index contributed by atoms with van der Waals surface area (Å²) >= 11 is 0. The Morgan fingerprint density at radius 2 is 1.78 bits per heavy atom. The molecule has 7 nitrogen and oxygen atoms in total. The van der Waals surface area contributed by atoms with E-state index >= 15 is 0 Å². The molecule has 0 fully saturated rings. The number of methoxy groups -OCH3 is 2. The van der Waals surface area contributed by atoms with E-state index < -0.39 is 11.9 Å². The van der Waals surface area contributed by atoms with Crippen molar-refractivity contribution in [2.24, 2.45) is 0 Å². The summed E-state index contributed by atoms with van der Waals surface area (Å²) in [6.07, 6.45) is 2.88. The lowest BCUT2D eigenvalue weighted by Crippen LogP contribution is -2.16. The molecule has 0 saturated carbocycles. The molecule has 0 saturated heterocycles. The van der Waals surface area contributed by atoms with E-state index in [1.807, 2.05) is 0 Å². The topological polar surface area (TPSA) is 80.3 Å². The third-order valence-electron chi connectivity index (χ3n) is 3.76. The normalized spacial score (nSPS) is 12.5. The van der Waals surface area contributed by atoms with Gasteiger partial charge in [0.05, 0.1) is 19.8 Å². The number of fused-ring (bicyclic) bond motifs is 1. The maximum atomic E-state index is 12.0. The van der Waals surface area contributed by atoms with Gasteiger partial charge in [-0.25, -0.2) is 9.59 Å². The zero-order chi connectivity index (χ0) is 19.2. The fourth-order valence-electron chi connectivity index (χ4n) is 2.48. The van der Waals surface area contributed by atoms with Crippen LogP contribution >= 0.6 is 0 Å². The van der Waals surface area contributed by atoms with Gasteiger partial charge in [-0.1, -0.05) is 0 Å². The van der Waals surface area contributed by atoms with Crippen molar-refractivity contribution in [2.75, 3.05) is 27.4 Å². The number of ether oxygens (including phenoxy) is 5. The van der Waals surface area contributed by atoms with Gasteiger partial charge in [-0.2, -0.15) is 0 Å². The van der Waals surface area contributed by atoms with Gasteiger partial charge >= 0.3 is 11.9 Å². The van der Waals surface area contributed by atoms with Crippen molar-refractivity contribution in [1.29, 1.82) is 0 Å². The lowest BCUT2D eigenvalue weighted by molar-refractivity contribution is -0.128. The molecule has 0 radical (unpaired) electrons. The standard InChI is InChI=1S/C20H18O7/c1-23-16-11-13(12-17-19(16)26-10-9-25-17)3-8-18(21)27-15-6-4-14(5-7-15)20(22)24-2/h3-8,11-12H,9-10H2,1-2H3/b8-3+. The third kappa shape index (κ3) is 4.38. The molecule has 0 bridgehead atoms. The van der Waals surface area contributed by atoms with Gasteiger partial charge in [0.25, 0.3) is 0 Å². The van der Waals surface area contributed by atoms with Crippen molar-refractivity contribution in [2.45, 2.75) is 0 Å². The summed E-state index contributed by atoms with van der Waals surface area (Å²) in [4.78, 5) is 23.4. The first-order valence-corrected chi connectivity index (χ1v) is 8.16. The van der Waals surface area contributed by atoms with E-state index in [-0.39, 0.29) is 0 Å². The molecule has 1 heterocycles. The Bertz CT molecular complexity index is 851. The van der Waals surface area contributed by atoms with E-state index in [1.54, 1.807) is 18.2 Å². The number of carbonyl (C=O) groups excluding carboxylic acids is 2. The Balaban J connectivity index is 1.69. The summed E-state index contributed by atoms with van der Waals surface area (Å²) in [5.74, 6) is 0.937. The van der Waals surface area contributed by atoms with Gasteiger partial charge in [0.15, 0.2) is 11.5 Å².